The van der Waals surface area contributed by atoms with Gasteiger partial charge in [0.15, 0.2) is 0 Å². The molecule has 0 fully saturated rings. The van der Waals surface area contributed by atoms with Gasteiger partial charge in [-0.1, -0.05) is 23.3 Å². The normalized spacial score (nSPS) is 10.4. The number of rotatable bonds is 6. The molecule has 0 aliphatic carbocycles. The number of hydrogen-bond acceptors (Lipinski definition) is 8. The summed E-state index contributed by atoms with van der Waals surface area (Å²) in [6, 6.07) is 17.6. The highest BCUT2D eigenvalue weighted by Crippen LogP contribution is 2.23. The van der Waals surface area contributed by atoms with Gasteiger partial charge in [-0.25, -0.2) is 0 Å². The number of hydrogen-bond donors (Lipinski definition) is 3. The van der Waals surface area contributed by atoms with Crippen molar-refractivity contribution in [3.63, 3.8) is 0 Å². The molecule has 11 heteroatoms. The Balaban J connectivity index is 1.44. The Hall–Kier alpha value is -5.06. The summed E-state index contributed by atoms with van der Waals surface area (Å²) in [7, 11) is 0. The van der Waals surface area contributed by atoms with Crippen molar-refractivity contribution >= 4 is 29.2 Å². The van der Waals surface area contributed by atoms with Gasteiger partial charge >= 0.3 is 6.01 Å². The van der Waals surface area contributed by atoms with Crippen molar-refractivity contribution < 1.29 is 24.0 Å². The molecule has 0 saturated carbocycles. The molecule has 0 radical (unpaired) electrons. The van der Waals surface area contributed by atoms with Crippen LogP contribution in [-0.4, -0.2) is 32.0 Å². The predicted molar refractivity (Wildman–Crippen MR) is 117 cm³/mol. The molecule has 0 bridgehead atoms. The lowest BCUT2D eigenvalue weighted by Gasteiger charge is -2.08. The minimum absolute atomic E-state index is 0.0730. The van der Waals surface area contributed by atoms with Crippen LogP contribution < -0.4 is 10.6 Å². The molecule has 0 spiro atoms. The van der Waals surface area contributed by atoms with Gasteiger partial charge in [-0.2, -0.15) is 0 Å². The zero-order chi connectivity index (χ0) is 23.4. The second-order valence-corrected chi connectivity index (χ2v) is 6.72. The lowest BCUT2D eigenvalue weighted by molar-refractivity contribution is -0.384. The lowest BCUT2D eigenvalue weighted by atomic mass is 10.1. The molecule has 1 aromatic heterocycles. The molecule has 4 aromatic rings. The summed E-state index contributed by atoms with van der Waals surface area (Å²) in [5, 5.41) is 33.2. The number of non-ortho nitro benzene ring substituents is 1. The van der Waals surface area contributed by atoms with Crippen LogP contribution in [0.1, 0.15) is 20.7 Å². The molecule has 3 N–H and O–H groups in total. The number of carbonyl (C=O) groups excluding carboxylic acids is 2. The highest BCUT2D eigenvalue weighted by atomic mass is 16.6. The summed E-state index contributed by atoms with van der Waals surface area (Å²) in [6.07, 6.45) is 0. The van der Waals surface area contributed by atoms with Crippen LogP contribution in [0.15, 0.2) is 77.2 Å². The minimum atomic E-state index is -0.562. The molecule has 3 aromatic carbocycles. The van der Waals surface area contributed by atoms with Crippen LogP contribution >= 0.6 is 0 Å². The zero-order valence-electron chi connectivity index (χ0n) is 16.8. The average molecular weight is 445 g/mol. The topological polar surface area (TPSA) is 160 Å². The molecule has 164 valence electrons. The van der Waals surface area contributed by atoms with Gasteiger partial charge in [0.2, 0.25) is 5.89 Å². The van der Waals surface area contributed by atoms with Crippen LogP contribution in [0.25, 0.3) is 11.5 Å². The quantitative estimate of drug-likeness (QED) is 0.298. The number of nitrogens with zero attached hydrogens (tertiary/aromatic N) is 3. The van der Waals surface area contributed by atoms with Crippen LogP contribution in [0.2, 0.25) is 0 Å². The van der Waals surface area contributed by atoms with Crippen molar-refractivity contribution in [3.8, 4) is 17.2 Å². The van der Waals surface area contributed by atoms with E-state index in [1.807, 2.05) is 0 Å². The Bertz CT molecular complexity index is 1350. The summed E-state index contributed by atoms with van der Waals surface area (Å²) in [5.74, 6) is -1.18. The molecule has 2 amide bonds. The maximum atomic E-state index is 12.6. The van der Waals surface area contributed by atoms with Gasteiger partial charge in [0.1, 0.15) is 5.75 Å². The molecular weight excluding hydrogens is 430 g/mol. The van der Waals surface area contributed by atoms with Crippen LogP contribution in [0.4, 0.5) is 17.4 Å². The van der Waals surface area contributed by atoms with E-state index in [0.717, 1.165) is 0 Å². The molecule has 0 aliphatic rings. The van der Waals surface area contributed by atoms with E-state index in [1.54, 1.807) is 24.3 Å². The van der Waals surface area contributed by atoms with Gasteiger partial charge in [0, 0.05) is 28.9 Å². The van der Waals surface area contributed by atoms with Gasteiger partial charge in [0.05, 0.1) is 10.5 Å². The molecule has 4 rings (SSSR count). The standard InChI is InChI=1S/C22H15N5O6/c28-18-7-2-1-6-17(18)20(30)23-15-5-3-4-14(12-15)19(29)24-22-26-25-21(33-22)13-8-10-16(11-9-13)27(31)32/h1-12,28H,(H,23,30)(H,24,26,29). The second kappa shape index (κ2) is 8.98. The summed E-state index contributed by atoms with van der Waals surface area (Å²) in [4.78, 5) is 35.2. The highest BCUT2D eigenvalue weighted by molar-refractivity contribution is 6.08. The zero-order valence-corrected chi connectivity index (χ0v) is 16.8. The molecule has 11 nitrogen and oxygen atoms in total. The van der Waals surface area contributed by atoms with E-state index in [2.05, 4.69) is 20.8 Å². The SMILES string of the molecule is O=C(Nc1nnc(-c2ccc([N+](=O)[O-])cc2)o1)c1cccc(NC(=O)c2ccccc2O)c1. The number of aromatic nitrogens is 2. The molecule has 0 unspecified atom stereocenters. The maximum Gasteiger partial charge on any atom is 0.322 e. The van der Waals surface area contributed by atoms with Gasteiger partial charge in [0.25, 0.3) is 17.5 Å². The van der Waals surface area contributed by atoms with E-state index in [1.165, 1.54) is 48.5 Å². The fourth-order valence-corrected chi connectivity index (χ4v) is 2.89. The van der Waals surface area contributed by atoms with E-state index >= 15 is 0 Å². The first kappa shape index (κ1) is 21.2. The largest absolute Gasteiger partial charge is 0.507 e. The Morgan fingerprint density at radius 1 is 0.909 bits per heavy atom. The predicted octanol–water partition coefficient (Wildman–Crippen LogP) is 3.86. The third kappa shape index (κ3) is 4.82. The monoisotopic (exact) mass is 445 g/mol. The lowest BCUT2D eigenvalue weighted by Crippen LogP contribution is -2.15. The molecule has 0 saturated heterocycles. The second-order valence-electron chi connectivity index (χ2n) is 6.72. The Morgan fingerprint density at radius 2 is 1.67 bits per heavy atom. The number of phenols is 1. The summed E-state index contributed by atoms with van der Waals surface area (Å²) in [6.45, 7) is 0. The smallest absolute Gasteiger partial charge is 0.322 e. The Labute approximate surface area is 185 Å². The number of anilines is 2. The van der Waals surface area contributed by atoms with Crippen LogP contribution in [0.5, 0.6) is 5.75 Å². The fraction of sp³-hybridized carbons (Fsp3) is 0. The van der Waals surface area contributed by atoms with Crippen molar-refractivity contribution in [1.29, 1.82) is 0 Å². The number of phenolic OH excluding ortho intramolecular Hbond substituents is 1. The number of benzene rings is 3. The van der Waals surface area contributed by atoms with E-state index in [4.69, 9.17) is 4.42 Å². The number of carbonyl (C=O) groups is 2. The molecular formula is C22H15N5O6. The van der Waals surface area contributed by atoms with Crippen molar-refractivity contribution in [2.45, 2.75) is 0 Å². The van der Waals surface area contributed by atoms with E-state index < -0.39 is 16.7 Å². The molecule has 0 aliphatic heterocycles. The van der Waals surface area contributed by atoms with Crippen molar-refractivity contribution in [2.24, 2.45) is 0 Å². The van der Waals surface area contributed by atoms with E-state index in [0.29, 0.717) is 11.3 Å². The van der Waals surface area contributed by atoms with Gasteiger partial charge in [-0.05, 0) is 42.5 Å². The van der Waals surface area contributed by atoms with Gasteiger partial charge in [-0.3, -0.25) is 25.0 Å². The third-order valence-electron chi connectivity index (χ3n) is 4.50. The number of para-hydroxylation sites is 1. The molecule has 33 heavy (non-hydrogen) atoms. The summed E-state index contributed by atoms with van der Waals surface area (Å²) < 4.78 is 5.41. The summed E-state index contributed by atoms with van der Waals surface area (Å²) >= 11 is 0. The molecule has 0 atom stereocenters. The van der Waals surface area contributed by atoms with Gasteiger partial charge < -0.3 is 14.8 Å². The average Bonchev–Trinajstić information content (AvgIpc) is 3.28. The first-order chi connectivity index (χ1) is 15.9. The van der Waals surface area contributed by atoms with Crippen LogP contribution in [0.3, 0.4) is 0 Å². The first-order valence-electron chi connectivity index (χ1n) is 9.50. The Morgan fingerprint density at radius 3 is 2.39 bits per heavy atom. The van der Waals surface area contributed by atoms with Gasteiger partial charge in [-0.15, -0.1) is 5.10 Å². The fourth-order valence-electron chi connectivity index (χ4n) is 2.89. The summed E-state index contributed by atoms with van der Waals surface area (Å²) in [5.41, 5.74) is 1.01. The number of nitro groups is 1. The molecule has 1 heterocycles. The first-order valence-corrected chi connectivity index (χ1v) is 9.50. The van der Waals surface area contributed by atoms with Crippen LogP contribution in [0, 0.1) is 10.1 Å². The van der Waals surface area contributed by atoms with E-state index in [-0.39, 0.29) is 34.5 Å². The van der Waals surface area contributed by atoms with E-state index in [9.17, 15) is 24.8 Å². The van der Waals surface area contributed by atoms with Crippen LogP contribution in [-0.2, 0) is 0 Å². The third-order valence-corrected chi connectivity index (χ3v) is 4.50. The van der Waals surface area contributed by atoms with Crippen molar-refractivity contribution in [3.05, 3.63) is 94.0 Å². The Kier molecular flexibility index (Phi) is 5.76. The van der Waals surface area contributed by atoms with Crippen molar-refractivity contribution in [2.75, 3.05) is 10.6 Å². The highest BCUT2D eigenvalue weighted by Gasteiger charge is 2.15. The number of aromatic hydroxyl groups is 1. The number of nitro benzene ring substituents is 1. The number of nitrogens with one attached hydrogen (secondary N) is 2. The minimum Gasteiger partial charge on any atom is -0.507 e. The number of amides is 2. The maximum absolute atomic E-state index is 12.6. The van der Waals surface area contributed by atoms with Crippen molar-refractivity contribution in [1.82, 2.24) is 10.2 Å².